The van der Waals surface area contributed by atoms with Gasteiger partial charge in [0.25, 0.3) is 0 Å². The Morgan fingerprint density at radius 2 is 1.91 bits per heavy atom. The lowest BCUT2D eigenvalue weighted by atomic mass is 10.1. The molecule has 9 nitrogen and oxygen atoms in total. The van der Waals surface area contributed by atoms with E-state index in [-0.39, 0.29) is 12.7 Å². The number of nitrogens with zero attached hydrogens (tertiary/aromatic N) is 4. The molecule has 0 bridgehead atoms. The minimum absolute atomic E-state index is 0.110. The second kappa shape index (κ2) is 9.50. The Hall–Kier alpha value is -3.59. The highest BCUT2D eigenvalue weighted by Crippen LogP contribution is 2.32. The number of carbonyl (C=O) groups is 1. The maximum absolute atomic E-state index is 12.7. The second-order valence-electron chi connectivity index (χ2n) is 8.09. The van der Waals surface area contributed by atoms with Crippen molar-refractivity contribution >= 4 is 5.91 Å². The van der Waals surface area contributed by atoms with Crippen molar-refractivity contribution in [3.63, 3.8) is 0 Å². The molecule has 0 saturated carbocycles. The smallest absolute Gasteiger partial charge is 0.231 e. The van der Waals surface area contributed by atoms with Gasteiger partial charge in [-0.1, -0.05) is 23.4 Å². The van der Waals surface area contributed by atoms with Gasteiger partial charge in [0.1, 0.15) is 5.75 Å². The van der Waals surface area contributed by atoms with Crippen LogP contribution in [0.25, 0.3) is 11.4 Å². The van der Waals surface area contributed by atoms with Crippen LogP contribution < -0.4 is 14.2 Å². The molecule has 1 amide bonds. The number of fused-ring (bicyclic) bond motifs is 1. The highest BCUT2D eigenvalue weighted by Gasteiger charge is 2.22. The first-order chi connectivity index (χ1) is 16.2. The van der Waals surface area contributed by atoms with Crippen LogP contribution in [0.5, 0.6) is 17.2 Å². The normalized spacial score (nSPS) is 15.6. The Labute approximate surface area is 191 Å². The summed E-state index contributed by atoms with van der Waals surface area (Å²) in [5, 5.41) is 4.03. The maximum atomic E-state index is 12.7. The fourth-order valence-corrected chi connectivity index (χ4v) is 4.06. The van der Waals surface area contributed by atoms with Gasteiger partial charge in [0, 0.05) is 51.1 Å². The second-order valence-corrected chi connectivity index (χ2v) is 8.09. The lowest BCUT2D eigenvalue weighted by Gasteiger charge is -2.34. The van der Waals surface area contributed by atoms with E-state index in [1.807, 2.05) is 41.3 Å². The lowest BCUT2D eigenvalue weighted by molar-refractivity contribution is -0.133. The Bertz CT molecular complexity index is 1120. The molecule has 0 spiro atoms. The molecule has 2 aliphatic rings. The van der Waals surface area contributed by atoms with Crippen LogP contribution in [0.15, 0.2) is 47.0 Å². The number of benzene rings is 2. The monoisotopic (exact) mass is 450 g/mol. The molecule has 0 radical (unpaired) electrons. The van der Waals surface area contributed by atoms with Gasteiger partial charge in [-0.05, 0) is 29.8 Å². The summed E-state index contributed by atoms with van der Waals surface area (Å²) in [7, 11) is 1.61. The van der Waals surface area contributed by atoms with Gasteiger partial charge in [0.15, 0.2) is 11.5 Å². The molecule has 33 heavy (non-hydrogen) atoms. The van der Waals surface area contributed by atoms with E-state index in [0.29, 0.717) is 37.6 Å². The Morgan fingerprint density at radius 1 is 1.06 bits per heavy atom. The van der Waals surface area contributed by atoms with Gasteiger partial charge in [-0.3, -0.25) is 9.69 Å². The number of aryl methyl sites for hydroxylation is 1. The highest BCUT2D eigenvalue weighted by atomic mass is 16.7. The van der Waals surface area contributed by atoms with E-state index in [0.717, 1.165) is 42.4 Å². The predicted molar refractivity (Wildman–Crippen MR) is 119 cm³/mol. The lowest BCUT2D eigenvalue weighted by Crippen LogP contribution is -2.48. The summed E-state index contributed by atoms with van der Waals surface area (Å²) in [4.78, 5) is 21.4. The number of ether oxygens (including phenoxy) is 3. The standard InChI is InChI=1S/C24H26N4O5/c1-30-19-4-2-3-18(14-19)24-25-22(33-26-24)7-8-23(29)28-11-9-27(10-12-28)15-17-5-6-20-21(13-17)32-16-31-20/h2-6,13-14H,7-12,15-16H2,1H3. The van der Waals surface area contributed by atoms with Crippen LogP contribution in [0.4, 0.5) is 0 Å². The van der Waals surface area contributed by atoms with Crippen molar-refractivity contribution in [3.8, 4) is 28.6 Å². The van der Waals surface area contributed by atoms with Gasteiger partial charge in [0.05, 0.1) is 7.11 Å². The largest absolute Gasteiger partial charge is 0.497 e. The van der Waals surface area contributed by atoms with Crippen LogP contribution in [0.3, 0.4) is 0 Å². The maximum Gasteiger partial charge on any atom is 0.231 e. The molecule has 9 heteroatoms. The quantitative estimate of drug-likeness (QED) is 0.543. The number of hydrogen-bond donors (Lipinski definition) is 0. The molecule has 2 aliphatic heterocycles. The van der Waals surface area contributed by atoms with Crippen LogP contribution in [0.1, 0.15) is 17.9 Å². The zero-order valence-electron chi connectivity index (χ0n) is 18.5. The first-order valence-corrected chi connectivity index (χ1v) is 11.0. The number of carbonyl (C=O) groups excluding carboxylic acids is 1. The summed E-state index contributed by atoms with van der Waals surface area (Å²) in [6.45, 7) is 4.20. The zero-order chi connectivity index (χ0) is 22.6. The van der Waals surface area contributed by atoms with E-state index >= 15 is 0 Å². The third-order valence-corrected chi connectivity index (χ3v) is 5.92. The van der Waals surface area contributed by atoms with Crippen molar-refractivity contribution in [2.24, 2.45) is 0 Å². The molecule has 0 unspecified atom stereocenters. The van der Waals surface area contributed by atoms with Crippen molar-refractivity contribution in [2.75, 3.05) is 40.1 Å². The molecule has 0 atom stereocenters. The number of aromatic nitrogens is 2. The van der Waals surface area contributed by atoms with E-state index in [9.17, 15) is 4.79 Å². The minimum atomic E-state index is 0.110. The van der Waals surface area contributed by atoms with E-state index in [1.54, 1.807) is 7.11 Å². The molecular formula is C24H26N4O5. The molecule has 3 aromatic rings. The van der Waals surface area contributed by atoms with E-state index in [1.165, 1.54) is 5.56 Å². The third kappa shape index (κ3) is 4.93. The Morgan fingerprint density at radius 3 is 2.76 bits per heavy atom. The Kier molecular flexibility index (Phi) is 6.12. The van der Waals surface area contributed by atoms with Crippen molar-refractivity contribution in [1.82, 2.24) is 19.9 Å². The summed E-state index contributed by atoms with van der Waals surface area (Å²) < 4.78 is 21.4. The minimum Gasteiger partial charge on any atom is -0.497 e. The molecule has 1 fully saturated rings. The number of methoxy groups -OCH3 is 1. The fraction of sp³-hybridized carbons (Fsp3) is 0.375. The van der Waals surface area contributed by atoms with E-state index in [4.69, 9.17) is 18.7 Å². The van der Waals surface area contributed by atoms with Crippen molar-refractivity contribution < 1.29 is 23.5 Å². The van der Waals surface area contributed by atoms with Gasteiger partial charge >= 0.3 is 0 Å². The summed E-state index contributed by atoms with van der Waals surface area (Å²) >= 11 is 0. The molecule has 0 N–H and O–H groups in total. The first-order valence-electron chi connectivity index (χ1n) is 11.0. The topological polar surface area (TPSA) is 90.2 Å². The molecule has 5 rings (SSSR count). The van der Waals surface area contributed by atoms with Crippen LogP contribution in [-0.2, 0) is 17.8 Å². The van der Waals surface area contributed by atoms with Crippen LogP contribution in [-0.4, -0.2) is 65.9 Å². The molecule has 1 saturated heterocycles. The fourth-order valence-electron chi connectivity index (χ4n) is 4.06. The van der Waals surface area contributed by atoms with Crippen molar-refractivity contribution in [2.45, 2.75) is 19.4 Å². The van der Waals surface area contributed by atoms with E-state index in [2.05, 4.69) is 21.1 Å². The highest BCUT2D eigenvalue weighted by molar-refractivity contribution is 5.76. The molecule has 3 heterocycles. The van der Waals surface area contributed by atoms with Gasteiger partial charge in [-0.15, -0.1) is 0 Å². The summed E-state index contributed by atoms with van der Waals surface area (Å²) in [5.74, 6) is 3.39. The van der Waals surface area contributed by atoms with Gasteiger partial charge in [0.2, 0.25) is 24.4 Å². The Balaban J connectivity index is 1.09. The van der Waals surface area contributed by atoms with Gasteiger partial charge in [-0.25, -0.2) is 0 Å². The first kappa shape index (κ1) is 21.3. The van der Waals surface area contributed by atoms with Crippen molar-refractivity contribution in [3.05, 3.63) is 53.9 Å². The predicted octanol–water partition coefficient (Wildman–Crippen LogP) is 2.75. The molecule has 1 aromatic heterocycles. The van der Waals surface area contributed by atoms with E-state index < -0.39 is 0 Å². The number of amides is 1. The average Bonchev–Trinajstić information content (AvgIpc) is 3.52. The molecular weight excluding hydrogens is 424 g/mol. The van der Waals surface area contributed by atoms with Crippen LogP contribution >= 0.6 is 0 Å². The average molecular weight is 450 g/mol. The molecule has 0 aliphatic carbocycles. The van der Waals surface area contributed by atoms with Crippen LogP contribution in [0.2, 0.25) is 0 Å². The molecule has 172 valence electrons. The van der Waals surface area contributed by atoms with Gasteiger partial charge < -0.3 is 23.6 Å². The summed E-state index contributed by atoms with van der Waals surface area (Å²) in [6, 6.07) is 13.5. The zero-order valence-corrected chi connectivity index (χ0v) is 18.5. The number of piperazine rings is 1. The summed E-state index contributed by atoms with van der Waals surface area (Å²) in [5.41, 5.74) is 2.00. The van der Waals surface area contributed by atoms with Crippen molar-refractivity contribution in [1.29, 1.82) is 0 Å². The SMILES string of the molecule is COc1cccc(-c2noc(CCC(=O)N3CCN(Cc4ccc5c(c4)OCO5)CC3)n2)c1. The number of rotatable bonds is 7. The third-order valence-electron chi connectivity index (χ3n) is 5.92. The summed E-state index contributed by atoms with van der Waals surface area (Å²) in [6.07, 6.45) is 0.773. The van der Waals surface area contributed by atoms with Gasteiger partial charge in [-0.2, -0.15) is 4.98 Å². The molecule has 2 aromatic carbocycles. The number of hydrogen-bond acceptors (Lipinski definition) is 8. The van der Waals surface area contributed by atoms with Crippen LogP contribution in [0, 0.1) is 0 Å².